The normalized spacial score (nSPS) is 19.0. The second-order valence-electron chi connectivity index (χ2n) is 10.0. The van der Waals surface area contributed by atoms with Crippen LogP contribution in [0.25, 0.3) is 11.0 Å². The van der Waals surface area contributed by atoms with Crippen molar-refractivity contribution in [2.24, 2.45) is 5.73 Å². The van der Waals surface area contributed by atoms with E-state index in [9.17, 15) is 9.59 Å². The number of likely N-dealkylation sites (tertiary alicyclic amines) is 1. The number of fused-ring (bicyclic) bond motifs is 1. The minimum absolute atomic E-state index is 0.153. The highest BCUT2D eigenvalue weighted by atomic mass is 35.5. The van der Waals surface area contributed by atoms with E-state index in [1.54, 1.807) is 23.7 Å². The Morgan fingerprint density at radius 1 is 1.31 bits per heavy atom. The number of primary amides is 1. The summed E-state index contributed by atoms with van der Waals surface area (Å²) in [5.74, 6) is 6.66. The standard InChI is InChI=1S/C28H32ClN7O3/c1-5-25(37)34-14-19(12-20(34)15-39-4)36-28(31-3)26(27(30)38)22(33-36)10-9-17-11-23-24(13-21(17)29)35(16(2)32-23)18-7-6-8-18/h5,11,13,18-20,31H,1,6-8,12,14-15H2,2-4H3,(H2,30,38)/t19?,20-/m1/s1. The maximum absolute atomic E-state index is 12.5. The van der Waals surface area contributed by atoms with Crippen molar-refractivity contribution in [3.05, 3.63) is 52.5 Å². The van der Waals surface area contributed by atoms with E-state index in [4.69, 9.17) is 27.1 Å². The van der Waals surface area contributed by atoms with Crippen molar-refractivity contribution in [2.45, 2.75) is 50.7 Å². The maximum Gasteiger partial charge on any atom is 0.255 e. The zero-order chi connectivity index (χ0) is 27.8. The lowest BCUT2D eigenvalue weighted by Gasteiger charge is -2.28. The summed E-state index contributed by atoms with van der Waals surface area (Å²) >= 11 is 6.66. The molecule has 1 aromatic carbocycles. The zero-order valence-electron chi connectivity index (χ0n) is 22.3. The van der Waals surface area contributed by atoms with Gasteiger partial charge in [0, 0.05) is 32.3 Å². The fraction of sp³-hybridized carbons (Fsp3) is 0.429. The molecule has 39 heavy (non-hydrogen) atoms. The van der Waals surface area contributed by atoms with Gasteiger partial charge in [0.05, 0.1) is 34.7 Å². The molecule has 0 bridgehead atoms. The highest BCUT2D eigenvalue weighted by Crippen LogP contribution is 2.37. The van der Waals surface area contributed by atoms with Crippen molar-refractivity contribution in [2.75, 3.05) is 32.6 Å². The molecule has 11 heteroatoms. The van der Waals surface area contributed by atoms with E-state index in [2.05, 4.69) is 33.4 Å². The molecule has 2 fully saturated rings. The van der Waals surface area contributed by atoms with Gasteiger partial charge >= 0.3 is 0 Å². The van der Waals surface area contributed by atoms with Crippen molar-refractivity contribution < 1.29 is 14.3 Å². The number of nitrogens with one attached hydrogen (secondary N) is 1. The van der Waals surface area contributed by atoms with E-state index in [1.807, 2.05) is 19.1 Å². The molecule has 10 nitrogen and oxygen atoms in total. The fourth-order valence-corrected chi connectivity index (χ4v) is 5.84. The fourth-order valence-electron chi connectivity index (χ4n) is 5.63. The van der Waals surface area contributed by atoms with Crippen molar-refractivity contribution in [3.8, 4) is 11.8 Å². The van der Waals surface area contributed by atoms with Gasteiger partial charge in [-0.25, -0.2) is 9.67 Å². The quantitative estimate of drug-likeness (QED) is 0.344. The largest absolute Gasteiger partial charge is 0.383 e. The molecular weight excluding hydrogens is 518 g/mol. The first-order valence-electron chi connectivity index (χ1n) is 13.0. The molecule has 0 radical (unpaired) electrons. The Hall–Kier alpha value is -3.81. The molecule has 2 aromatic heterocycles. The number of benzene rings is 1. The van der Waals surface area contributed by atoms with Gasteiger partial charge in [-0.05, 0) is 56.7 Å². The number of imidazole rings is 1. The van der Waals surface area contributed by atoms with Crippen LogP contribution in [-0.4, -0.2) is 69.4 Å². The molecule has 1 aliphatic heterocycles. The van der Waals surface area contributed by atoms with Crippen LogP contribution in [0.3, 0.4) is 0 Å². The van der Waals surface area contributed by atoms with Gasteiger partial charge in [-0.3, -0.25) is 9.59 Å². The first-order valence-corrected chi connectivity index (χ1v) is 13.4. The lowest BCUT2D eigenvalue weighted by atomic mass is 9.92. The topological polar surface area (TPSA) is 120 Å². The third-order valence-corrected chi connectivity index (χ3v) is 7.97. The SMILES string of the molecule is C=CC(=O)N1CC(n2nc(C#Cc3cc4nc(C)n(C5CCC5)c4cc3Cl)c(C(N)=O)c2NC)C[C@@H]1COC. The van der Waals surface area contributed by atoms with Crippen molar-refractivity contribution in [1.29, 1.82) is 0 Å². The molecule has 2 atom stereocenters. The lowest BCUT2D eigenvalue weighted by molar-refractivity contribution is -0.127. The van der Waals surface area contributed by atoms with E-state index in [-0.39, 0.29) is 29.2 Å². The number of nitrogens with zero attached hydrogens (tertiary/aromatic N) is 5. The molecule has 204 valence electrons. The number of hydrogen-bond acceptors (Lipinski definition) is 6. The number of anilines is 1. The van der Waals surface area contributed by atoms with Gasteiger partial charge in [0.2, 0.25) is 5.91 Å². The predicted molar refractivity (Wildman–Crippen MR) is 150 cm³/mol. The lowest BCUT2D eigenvalue weighted by Crippen LogP contribution is -2.37. The summed E-state index contributed by atoms with van der Waals surface area (Å²) < 4.78 is 9.28. The molecule has 3 aromatic rings. The predicted octanol–water partition coefficient (Wildman–Crippen LogP) is 3.43. The van der Waals surface area contributed by atoms with Crippen LogP contribution in [0.15, 0.2) is 24.8 Å². The highest BCUT2D eigenvalue weighted by Gasteiger charge is 2.38. The number of ether oxygens (including phenoxy) is 1. The smallest absolute Gasteiger partial charge is 0.255 e. The molecule has 5 rings (SSSR count). The molecule has 1 unspecified atom stereocenters. The van der Waals surface area contributed by atoms with Gasteiger partial charge in [-0.15, -0.1) is 0 Å². The van der Waals surface area contributed by atoms with Gasteiger partial charge in [0.15, 0.2) is 5.69 Å². The van der Waals surface area contributed by atoms with E-state index in [0.29, 0.717) is 42.0 Å². The first-order chi connectivity index (χ1) is 18.8. The van der Waals surface area contributed by atoms with Gasteiger partial charge < -0.3 is 25.3 Å². The third kappa shape index (κ3) is 4.77. The number of amides is 2. The van der Waals surface area contributed by atoms with Gasteiger partial charge in [-0.1, -0.05) is 24.1 Å². The number of hydrogen-bond donors (Lipinski definition) is 2. The number of aryl methyl sites for hydroxylation is 1. The Morgan fingerprint density at radius 3 is 2.69 bits per heavy atom. The molecule has 3 N–H and O–H groups in total. The summed E-state index contributed by atoms with van der Waals surface area (Å²) in [5.41, 5.74) is 8.60. The molecule has 1 saturated carbocycles. The highest BCUT2D eigenvalue weighted by molar-refractivity contribution is 6.32. The minimum atomic E-state index is -0.656. The number of halogens is 1. The Morgan fingerprint density at radius 2 is 2.08 bits per heavy atom. The Labute approximate surface area is 232 Å². The first kappa shape index (κ1) is 26.8. The number of carbonyl (C=O) groups is 2. The Kier molecular flexibility index (Phi) is 7.38. The van der Waals surface area contributed by atoms with Crippen molar-refractivity contribution >= 4 is 40.3 Å². The minimum Gasteiger partial charge on any atom is -0.383 e. The summed E-state index contributed by atoms with van der Waals surface area (Å²) in [6.07, 6.45) is 5.38. The van der Waals surface area contributed by atoms with E-state index in [1.165, 1.54) is 12.5 Å². The van der Waals surface area contributed by atoms with E-state index >= 15 is 0 Å². The molecule has 0 spiro atoms. The number of carbonyl (C=O) groups excluding carboxylic acids is 2. The molecule has 1 aliphatic carbocycles. The van der Waals surface area contributed by atoms with Crippen LogP contribution in [0.2, 0.25) is 5.02 Å². The third-order valence-electron chi connectivity index (χ3n) is 7.66. The molecule has 3 heterocycles. The molecule has 2 aliphatic rings. The number of methoxy groups -OCH3 is 1. The van der Waals surface area contributed by atoms with Crippen LogP contribution in [0.5, 0.6) is 0 Å². The summed E-state index contributed by atoms with van der Waals surface area (Å²) in [6.45, 7) is 6.37. The molecular formula is C28H32ClN7O3. The van der Waals surface area contributed by atoms with Crippen LogP contribution in [0, 0.1) is 18.8 Å². The summed E-state index contributed by atoms with van der Waals surface area (Å²) in [6, 6.07) is 3.87. The number of rotatable bonds is 7. The zero-order valence-corrected chi connectivity index (χ0v) is 23.1. The average Bonchev–Trinajstić information content (AvgIpc) is 3.55. The van der Waals surface area contributed by atoms with E-state index in [0.717, 1.165) is 29.7 Å². The second-order valence-corrected chi connectivity index (χ2v) is 10.4. The molecule has 2 amide bonds. The summed E-state index contributed by atoms with van der Waals surface area (Å²) in [7, 11) is 3.29. The summed E-state index contributed by atoms with van der Waals surface area (Å²) in [4.78, 5) is 31.4. The van der Waals surface area contributed by atoms with Gasteiger partial charge in [-0.2, -0.15) is 5.10 Å². The van der Waals surface area contributed by atoms with E-state index < -0.39 is 5.91 Å². The van der Waals surface area contributed by atoms with Crippen molar-refractivity contribution in [1.82, 2.24) is 24.2 Å². The Bertz CT molecular complexity index is 1530. The van der Waals surface area contributed by atoms with Crippen LogP contribution in [-0.2, 0) is 9.53 Å². The van der Waals surface area contributed by atoms with Gasteiger partial charge in [0.1, 0.15) is 17.2 Å². The van der Waals surface area contributed by atoms with Crippen LogP contribution >= 0.6 is 11.6 Å². The van der Waals surface area contributed by atoms with Crippen LogP contribution < -0.4 is 11.1 Å². The van der Waals surface area contributed by atoms with Crippen LogP contribution in [0.1, 0.15) is 65.2 Å². The summed E-state index contributed by atoms with van der Waals surface area (Å²) in [5, 5.41) is 8.23. The van der Waals surface area contributed by atoms with Crippen molar-refractivity contribution in [3.63, 3.8) is 0 Å². The second kappa shape index (κ2) is 10.8. The Balaban J connectivity index is 1.52. The van der Waals surface area contributed by atoms with Crippen LogP contribution in [0.4, 0.5) is 5.82 Å². The average molecular weight is 550 g/mol. The molecule has 1 saturated heterocycles. The maximum atomic E-state index is 12.5. The number of nitrogens with two attached hydrogens (primary N) is 1. The monoisotopic (exact) mass is 549 g/mol. The van der Waals surface area contributed by atoms with Gasteiger partial charge in [0.25, 0.3) is 5.91 Å². The number of aromatic nitrogens is 4.